The summed E-state index contributed by atoms with van der Waals surface area (Å²) in [4.78, 5) is 13.8. The highest BCUT2D eigenvalue weighted by Crippen LogP contribution is 2.08. The van der Waals surface area contributed by atoms with Crippen molar-refractivity contribution >= 4 is 5.91 Å². The summed E-state index contributed by atoms with van der Waals surface area (Å²) in [6.07, 6.45) is 1.19. The molecule has 0 saturated heterocycles. The van der Waals surface area contributed by atoms with E-state index in [9.17, 15) is 4.79 Å². The Balaban J connectivity index is 2.73. The standard InChI is InChI=1S/C14H19N3O/c1-2-17(11-3-9-15)14(18)13-6-4-12(5-7-13)8-10-16/h4-7H,2-3,8,10-11,16H2,1H3. The Morgan fingerprint density at radius 1 is 1.39 bits per heavy atom. The van der Waals surface area contributed by atoms with E-state index in [0.29, 0.717) is 31.6 Å². The topological polar surface area (TPSA) is 70.1 Å². The van der Waals surface area contributed by atoms with E-state index in [-0.39, 0.29) is 5.91 Å². The van der Waals surface area contributed by atoms with Crippen LogP contribution in [0.2, 0.25) is 0 Å². The van der Waals surface area contributed by atoms with Crippen molar-refractivity contribution < 1.29 is 4.79 Å². The van der Waals surface area contributed by atoms with Crippen LogP contribution in [0.4, 0.5) is 0 Å². The van der Waals surface area contributed by atoms with Crippen LogP contribution in [0, 0.1) is 11.3 Å². The van der Waals surface area contributed by atoms with Crippen molar-refractivity contribution in [1.82, 2.24) is 4.90 Å². The highest BCUT2D eigenvalue weighted by molar-refractivity contribution is 5.94. The van der Waals surface area contributed by atoms with E-state index >= 15 is 0 Å². The summed E-state index contributed by atoms with van der Waals surface area (Å²) in [5.41, 5.74) is 7.27. The smallest absolute Gasteiger partial charge is 0.253 e. The lowest BCUT2D eigenvalue weighted by Crippen LogP contribution is -2.31. The van der Waals surface area contributed by atoms with Gasteiger partial charge in [-0.3, -0.25) is 4.79 Å². The molecule has 0 bridgehead atoms. The molecule has 0 fully saturated rings. The van der Waals surface area contributed by atoms with Gasteiger partial charge >= 0.3 is 0 Å². The van der Waals surface area contributed by atoms with Crippen LogP contribution in [0.3, 0.4) is 0 Å². The quantitative estimate of drug-likeness (QED) is 0.827. The second-order valence-electron chi connectivity index (χ2n) is 4.03. The highest BCUT2D eigenvalue weighted by Gasteiger charge is 2.13. The predicted octanol–water partition coefficient (Wildman–Crippen LogP) is 1.56. The van der Waals surface area contributed by atoms with Gasteiger partial charge in [-0.2, -0.15) is 5.26 Å². The van der Waals surface area contributed by atoms with Crippen LogP contribution in [0.25, 0.3) is 0 Å². The van der Waals surface area contributed by atoms with E-state index < -0.39 is 0 Å². The number of rotatable bonds is 6. The van der Waals surface area contributed by atoms with Gasteiger partial charge in [0.05, 0.1) is 12.5 Å². The second-order valence-corrected chi connectivity index (χ2v) is 4.03. The first-order valence-corrected chi connectivity index (χ1v) is 6.18. The lowest BCUT2D eigenvalue weighted by atomic mass is 10.1. The molecule has 4 nitrogen and oxygen atoms in total. The van der Waals surface area contributed by atoms with Crippen molar-refractivity contribution in [3.63, 3.8) is 0 Å². The molecule has 18 heavy (non-hydrogen) atoms. The molecule has 0 aliphatic rings. The molecule has 0 spiro atoms. The van der Waals surface area contributed by atoms with E-state index in [4.69, 9.17) is 11.0 Å². The molecule has 2 N–H and O–H groups in total. The van der Waals surface area contributed by atoms with Gasteiger partial charge in [0.15, 0.2) is 0 Å². The fraction of sp³-hybridized carbons (Fsp3) is 0.429. The van der Waals surface area contributed by atoms with Crippen molar-refractivity contribution in [1.29, 1.82) is 5.26 Å². The molecule has 1 aromatic rings. The predicted molar refractivity (Wildman–Crippen MR) is 71.0 cm³/mol. The third-order valence-corrected chi connectivity index (χ3v) is 2.80. The number of carbonyl (C=O) groups excluding carboxylic acids is 1. The van der Waals surface area contributed by atoms with Crippen LogP contribution < -0.4 is 5.73 Å². The number of hydrogen-bond acceptors (Lipinski definition) is 3. The summed E-state index contributed by atoms with van der Waals surface area (Å²) in [5, 5.41) is 8.56. The number of benzene rings is 1. The molecule has 1 amide bonds. The Morgan fingerprint density at radius 3 is 2.56 bits per heavy atom. The molecule has 0 radical (unpaired) electrons. The molecule has 4 heteroatoms. The first-order valence-electron chi connectivity index (χ1n) is 6.18. The van der Waals surface area contributed by atoms with Gasteiger partial charge in [0.25, 0.3) is 5.91 Å². The van der Waals surface area contributed by atoms with Crippen LogP contribution in [-0.4, -0.2) is 30.4 Å². The molecule has 0 aliphatic heterocycles. The molecule has 1 rings (SSSR count). The third-order valence-electron chi connectivity index (χ3n) is 2.80. The van der Waals surface area contributed by atoms with Crippen molar-refractivity contribution in [2.45, 2.75) is 19.8 Å². The lowest BCUT2D eigenvalue weighted by molar-refractivity contribution is 0.0768. The van der Waals surface area contributed by atoms with Crippen LogP contribution >= 0.6 is 0 Å². The van der Waals surface area contributed by atoms with Gasteiger partial charge in [-0.05, 0) is 37.6 Å². The Bertz CT molecular complexity index is 420. The minimum absolute atomic E-state index is 0.0213. The molecule has 0 saturated carbocycles. The van der Waals surface area contributed by atoms with Gasteiger partial charge < -0.3 is 10.6 Å². The normalized spacial score (nSPS) is 9.83. The minimum atomic E-state index is -0.0213. The molecule has 96 valence electrons. The van der Waals surface area contributed by atoms with Crippen molar-refractivity contribution in [3.8, 4) is 6.07 Å². The summed E-state index contributed by atoms with van der Waals surface area (Å²) in [6, 6.07) is 9.56. The molecule has 0 unspecified atom stereocenters. The largest absolute Gasteiger partial charge is 0.338 e. The van der Waals surface area contributed by atoms with E-state index in [1.165, 1.54) is 0 Å². The number of nitriles is 1. The number of hydrogen-bond donors (Lipinski definition) is 1. The fourth-order valence-electron chi connectivity index (χ4n) is 1.75. The van der Waals surface area contributed by atoms with Gasteiger partial charge in [-0.1, -0.05) is 12.1 Å². The van der Waals surface area contributed by atoms with Crippen molar-refractivity contribution in [2.24, 2.45) is 5.73 Å². The number of nitrogens with zero attached hydrogens (tertiary/aromatic N) is 2. The first-order chi connectivity index (χ1) is 8.72. The molecule has 1 aromatic carbocycles. The van der Waals surface area contributed by atoms with Crippen molar-refractivity contribution in [2.75, 3.05) is 19.6 Å². The Labute approximate surface area is 108 Å². The SMILES string of the molecule is CCN(CCC#N)C(=O)c1ccc(CCN)cc1. The highest BCUT2D eigenvalue weighted by atomic mass is 16.2. The first kappa shape index (κ1) is 14.2. The number of carbonyl (C=O) groups is 1. The van der Waals surface area contributed by atoms with Crippen LogP contribution in [0.5, 0.6) is 0 Å². The Hall–Kier alpha value is -1.86. The monoisotopic (exact) mass is 245 g/mol. The molecule has 0 atom stereocenters. The second kappa shape index (κ2) is 7.46. The summed E-state index contributed by atoms with van der Waals surface area (Å²) in [6.45, 7) is 3.62. The summed E-state index contributed by atoms with van der Waals surface area (Å²) in [7, 11) is 0. The average Bonchev–Trinajstić information content (AvgIpc) is 2.40. The number of nitrogens with two attached hydrogens (primary N) is 1. The van der Waals surface area contributed by atoms with E-state index in [0.717, 1.165) is 12.0 Å². The van der Waals surface area contributed by atoms with Gasteiger partial charge in [0, 0.05) is 18.7 Å². The Kier molecular flexibility index (Phi) is 5.89. The van der Waals surface area contributed by atoms with Gasteiger partial charge in [0.1, 0.15) is 0 Å². The Morgan fingerprint density at radius 2 is 2.06 bits per heavy atom. The zero-order chi connectivity index (χ0) is 13.4. The lowest BCUT2D eigenvalue weighted by Gasteiger charge is -2.19. The fourth-order valence-corrected chi connectivity index (χ4v) is 1.75. The summed E-state index contributed by atoms with van der Waals surface area (Å²) < 4.78 is 0. The van der Waals surface area contributed by atoms with E-state index in [1.54, 1.807) is 4.90 Å². The molecule has 0 aromatic heterocycles. The molecule has 0 aliphatic carbocycles. The van der Waals surface area contributed by atoms with Crippen molar-refractivity contribution in [3.05, 3.63) is 35.4 Å². The maximum atomic E-state index is 12.1. The van der Waals surface area contributed by atoms with E-state index in [2.05, 4.69) is 6.07 Å². The van der Waals surface area contributed by atoms with Gasteiger partial charge in [-0.25, -0.2) is 0 Å². The maximum absolute atomic E-state index is 12.1. The minimum Gasteiger partial charge on any atom is -0.338 e. The van der Waals surface area contributed by atoms with Gasteiger partial charge in [0.2, 0.25) is 0 Å². The molecular weight excluding hydrogens is 226 g/mol. The average molecular weight is 245 g/mol. The maximum Gasteiger partial charge on any atom is 0.253 e. The number of amides is 1. The summed E-state index contributed by atoms with van der Waals surface area (Å²) >= 11 is 0. The van der Waals surface area contributed by atoms with Crippen LogP contribution in [0.15, 0.2) is 24.3 Å². The molecular formula is C14H19N3O. The summed E-state index contributed by atoms with van der Waals surface area (Å²) in [5.74, 6) is -0.0213. The third kappa shape index (κ3) is 3.86. The van der Waals surface area contributed by atoms with Crippen LogP contribution in [-0.2, 0) is 6.42 Å². The zero-order valence-corrected chi connectivity index (χ0v) is 10.7. The van der Waals surface area contributed by atoms with Crippen LogP contribution in [0.1, 0.15) is 29.3 Å². The van der Waals surface area contributed by atoms with Gasteiger partial charge in [-0.15, -0.1) is 0 Å². The molecule has 0 heterocycles. The zero-order valence-electron chi connectivity index (χ0n) is 10.7. The van der Waals surface area contributed by atoms with E-state index in [1.807, 2.05) is 31.2 Å².